The normalized spacial score (nSPS) is 10.4. The third-order valence-electron chi connectivity index (χ3n) is 2.51. The van der Waals surface area contributed by atoms with Gasteiger partial charge in [0.15, 0.2) is 0 Å². The lowest BCUT2D eigenvalue weighted by Crippen LogP contribution is -2.03. The van der Waals surface area contributed by atoms with E-state index in [1.807, 2.05) is 13.0 Å². The molecule has 0 radical (unpaired) electrons. The van der Waals surface area contributed by atoms with E-state index in [-0.39, 0.29) is 5.82 Å². The van der Waals surface area contributed by atoms with Crippen molar-refractivity contribution in [1.82, 2.24) is 4.98 Å². The third-order valence-corrected chi connectivity index (χ3v) is 3.58. The van der Waals surface area contributed by atoms with Crippen LogP contribution in [0, 0.1) is 12.7 Å². The van der Waals surface area contributed by atoms with Gasteiger partial charge in [-0.1, -0.05) is 11.6 Å². The molecule has 0 fully saturated rings. The molecular weight excluding hydrogens is 319 g/mol. The molecule has 0 amide bonds. The van der Waals surface area contributed by atoms with Crippen molar-refractivity contribution in [2.24, 2.45) is 0 Å². The summed E-state index contributed by atoms with van der Waals surface area (Å²) in [5, 5.41) is 3.59. The van der Waals surface area contributed by atoms with E-state index in [0.29, 0.717) is 22.9 Å². The van der Waals surface area contributed by atoms with Crippen LogP contribution in [0.25, 0.3) is 0 Å². The van der Waals surface area contributed by atoms with E-state index in [9.17, 15) is 4.39 Å². The fourth-order valence-corrected chi connectivity index (χ4v) is 1.91. The maximum atomic E-state index is 13.5. The zero-order valence-corrected chi connectivity index (χ0v) is 12.0. The average molecular weight is 330 g/mol. The lowest BCUT2D eigenvalue weighted by atomic mass is 10.2. The van der Waals surface area contributed by atoms with Crippen molar-refractivity contribution < 1.29 is 4.39 Å². The molecule has 0 spiro atoms. The average Bonchev–Trinajstić information content (AvgIpc) is 2.34. The zero-order valence-electron chi connectivity index (χ0n) is 9.67. The SMILES string of the molecule is Cc1cc(NCc2cc(Cl)ccc2F)ncc1Br. The van der Waals surface area contributed by atoms with Crippen molar-refractivity contribution in [3.63, 3.8) is 0 Å². The van der Waals surface area contributed by atoms with Crippen LogP contribution in [-0.4, -0.2) is 4.98 Å². The summed E-state index contributed by atoms with van der Waals surface area (Å²) < 4.78 is 14.4. The fraction of sp³-hybridized carbons (Fsp3) is 0.154. The van der Waals surface area contributed by atoms with Crippen LogP contribution < -0.4 is 5.32 Å². The maximum Gasteiger partial charge on any atom is 0.128 e. The molecule has 2 nitrogen and oxygen atoms in total. The van der Waals surface area contributed by atoms with Crippen molar-refractivity contribution in [1.29, 1.82) is 0 Å². The van der Waals surface area contributed by atoms with E-state index in [4.69, 9.17) is 11.6 Å². The molecule has 0 saturated carbocycles. The number of hydrogen-bond donors (Lipinski definition) is 1. The largest absolute Gasteiger partial charge is 0.366 e. The summed E-state index contributed by atoms with van der Waals surface area (Å²) in [6.45, 7) is 2.32. The number of benzene rings is 1. The molecule has 0 saturated heterocycles. The molecule has 0 bridgehead atoms. The van der Waals surface area contributed by atoms with Gasteiger partial charge in [-0.25, -0.2) is 9.37 Å². The highest BCUT2D eigenvalue weighted by molar-refractivity contribution is 9.10. The highest BCUT2D eigenvalue weighted by atomic mass is 79.9. The number of nitrogens with zero attached hydrogens (tertiary/aromatic N) is 1. The first-order chi connectivity index (χ1) is 8.56. The minimum atomic E-state index is -0.277. The summed E-state index contributed by atoms with van der Waals surface area (Å²) in [5.74, 6) is 0.427. The molecule has 0 aliphatic carbocycles. The second kappa shape index (κ2) is 5.67. The Morgan fingerprint density at radius 1 is 1.39 bits per heavy atom. The molecule has 1 aromatic heterocycles. The minimum absolute atomic E-state index is 0.277. The van der Waals surface area contributed by atoms with Crippen molar-refractivity contribution >= 4 is 33.3 Å². The van der Waals surface area contributed by atoms with Crippen LogP contribution >= 0.6 is 27.5 Å². The minimum Gasteiger partial charge on any atom is -0.366 e. The number of halogens is 3. The standard InChI is InChI=1S/C13H11BrClFN2/c1-8-4-13(18-7-11(8)14)17-6-9-5-10(15)2-3-12(9)16/h2-5,7H,6H2,1H3,(H,17,18). The second-order valence-electron chi connectivity index (χ2n) is 3.91. The molecule has 1 N–H and O–H groups in total. The van der Waals surface area contributed by atoms with E-state index in [1.165, 1.54) is 12.1 Å². The van der Waals surface area contributed by atoms with Crippen LogP contribution in [0.3, 0.4) is 0 Å². The van der Waals surface area contributed by atoms with Gasteiger partial charge in [0, 0.05) is 27.8 Å². The Labute approximate surface area is 118 Å². The Hall–Kier alpha value is -1.13. The lowest BCUT2D eigenvalue weighted by molar-refractivity contribution is 0.613. The van der Waals surface area contributed by atoms with Gasteiger partial charge in [0.2, 0.25) is 0 Å². The van der Waals surface area contributed by atoms with Gasteiger partial charge in [-0.05, 0) is 52.7 Å². The van der Waals surface area contributed by atoms with E-state index in [0.717, 1.165) is 10.0 Å². The van der Waals surface area contributed by atoms with Gasteiger partial charge in [0.1, 0.15) is 11.6 Å². The first kappa shape index (κ1) is 13.3. The van der Waals surface area contributed by atoms with E-state index < -0.39 is 0 Å². The maximum absolute atomic E-state index is 13.5. The highest BCUT2D eigenvalue weighted by Crippen LogP contribution is 2.19. The van der Waals surface area contributed by atoms with Crippen LogP contribution in [0.4, 0.5) is 10.2 Å². The van der Waals surface area contributed by atoms with Gasteiger partial charge in [-0.2, -0.15) is 0 Å². The zero-order chi connectivity index (χ0) is 13.1. The Morgan fingerprint density at radius 3 is 2.89 bits per heavy atom. The molecule has 0 aliphatic rings. The van der Waals surface area contributed by atoms with Crippen LogP contribution in [-0.2, 0) is 6.54 Å². The third kappa shape index (κ3) is 3.21. The molecule has 2 rings (SSSR count). The van der Waals surface area contributed by atoms with Gasteiger partial charge in [0.25, 0.3) is 0 Å². The van der Waals surface area contributed by atoms with Gasteiger partial charge in [-0.15, -0.1) is 0 Å². The summed E-state index contributed by atoms with van der Waals surface area (Å²) in [5.41, 5.74) is 1.59. The number of pyridine rings is 1. The monoisotopic (exact) mass is 328 g/mol. The Balaban J connectivity index is 2.11. The van der Waals surface area contributed by atoms with Crippen LogP contribution in [0.2, 0.25) is 5.02 Å². The molecule has 0 aliphatic heterocycles. The molecule has 1 heterocycles. The molecule has 2 aromatic rings. The lowest BCUT2D eigenvalue weighted by Gasteiger charge is -2.08. The van der Waals surface area contributed by atoms with Gasteiger partial charge >= 0.3 is 0 Å². The van der Waals surface area contributed by atoms with Crippen LogP contribution in [0.15, 0.2) is 34.9 Å². The van der Waals surface area contributed by atoms with Gasteiger partial charge in [-0.3, -0.25) is 0 Å². The summed E-state index contributed by atoms with van der Waals surface area (Å²) in [7, 11) is 0. The van der Waals surface area contributed by atoms with Crippen molar-refractivity contribution in [2.45, 2.75) is 13.5 Å². The summed E-state index contributed by atoms with van der Waals surface area (Å²) in [4.78, 5) is 4.19. The summed E-state index contributed by atoms with van der Waals surface area (Å²) in [6.07, 6.45) is 1.71. The first-order valence-electron chi connectivity index (χ1n) is 5.36. The quantitative estimate of drug-likeness (QED) is 0.893. The van der Waals surface area contributed by atoms with Crippen molar-refractivity contribution in [2.75, 3.05) is 5.32 Å². The number of rotatable bonds is 3. The predicted molar refractivity (Wildman–Crippen MR) is 75.4 cm³/mol. The molecule has 0 unspecified atom stereocenters. The number of aryl methyl sites for hydroxylation is 1. The molecular formula is C13H11BrClFN2. The van der Waals surface area contributed by atoms with Crippen LogP contribution in [0.1, 0.15) is 11.1 Å². The Morgan fingerprint density at radius 2 is 2.17 bits per heavy atom. The smallest absolute Gasteiger partial charge is 0.128 e. The van der Waals surface area contributed by atoms with Gasteiger partial charge < -0.3 is 5.32 Å². The highest BCUT2D eigenvalue weighted by Gasteiger charge is 2.04. The van der Waals surface area contributed by atoms with Crippen molar-refractivity contribution in [3.8, 4) is 0 Å². The van der Waals surface area contributed by atoms with Gasteiger partial charge in [0.05, 0.1) is 0 Å². The van der Waals surface area contributed by atoms with E-state index in [2.05, 4.69) is 26.2 Å². The molecule has 94 valence electrons. The van der Waals surface area contributed by atoms with Crippen LogP contribution in [0.5, 0.6) is 0 Å². The number of aromatic nitrogens is 1. The van der Waals surface area contributed by atoms with E-state index >= 15 is 0 Å². The molecule has 18 heavy (non-hydrogen) atoms. The molecule has 5 heteroatoms. The van der Waals surface area contributed by atoms with E-state index in [1.54, 1.807) is 12.3 Å². The first-order valence-corrected chi connectivity index (χ1v) is 6.53. The number of nitrogens with one attached hydrogen (secondary N) is 1. The van der Waals surface area contributed by atoms with Crippen molar-refractivity contribution in [3.05, 3.63) is 56.9 Å². The summed E-state index contributed by atoms with van der Waals surface area (Å²) in [6, 6.07) is 6.39. The number of hydrogen-bond acceptors (Lipinski definition) is 2. The number of anilines is 1. The Bertz CT molecular complexity index is 575. The molecule has 1 aromatic carbocycles. The topological polar surface area (TPSA) is 24.9 Å². The Kier molecular flexibility index (Phi) is 4.19. The second-order valence-corrected chi connectivity index (χ2v) is 5.20. The summed E-state index contributed by atoms with van der Waals surface area (Å²) >= 11 is 9.21. The molecule has 0 atom stereocenters. The fourth-order valence-electron chi connectivity index (χ4n) is 1.50. The predicted octanol–water partition coefficient (Wildman–Crippen LogP) is 4.56.